The molecule has 0 aromatic carbocycles. The molecule has 0 radical (unpaired) electrons. The summed E-state index contributed by atoms with van der Waals surface area (Å²) < 4.78 is 3.67. The van der Waals surface area contributed by atoms with Crippen LogP contribution >= 0.6 is 11.6 Å². The highest BCUT2D eigenvalue weighted by molar-refractivity contribution is 6.31. The maximum absolute atomic E-state index is 6.28. The number of rotatable bonds is 5. The minimum Gasteiger partial charge on any atom is -0.305 e. The minimum absolute atomic E-state index is 0.0219. The van der Waals surface area contributed by atoms with Gasteiger partial charge in [0.2, 0.25) is 0 Å². The van der Waals surface area contributed by atoms with Gasteiger partial charge in [-0.2, -0.15) is 10.2 Å². The van der Waals surface area contributed by atoms with Gasteiger partial charge in [0.05, 0.1) is 28.6 Å². The first-order valence-corrected chi connectivity index (χ1v) is 6.89. The average molecular weight is 282 g/mol. The van der Waals surface area contributed by atoms with E-state index in [1.54, 1.807) is 6.20 Å². The van der Waals surface area contributed by atoms with Gasteiger partial charge in [-0.25, -0.2) is 0 Å². The Morgan fingerprint density at radius 2 is 2.11 bits per heavy atom. The molecule has 1 N–H and O–H groups in total. The molecule has 5 nitrogen and oxygen atoms in total. The highest BCUT2D eigenvalue weighted by Crippen LogP contribution is 2.29. The molecule has 2 rings (SSSR count). The molecule has 1 atom stereocenters. The summed E-state index contributed by atoms with van der Waals surface area (Å²) >= 11 is 6.28. The third-order valence-corrected chi connectivity index (χ3v) is 3.49. The predicted molar refractivity (Wildman–Crippen MR) is 76.3 cm³/mol. The first kappa shape index (κ1) is 14.1. The SMILES string of the molecule is CCNC(c1cn(C)nc1CC)c1c(Cl)cnn1C. The Balaban J connectivity index is 2.51. The number of halogens is 1. The molecule has 0 aliphatic heterocycles. The van der Waals surface area contributed by atoms with Crippen LogP contribution in [-0.2, 0) is 20.5 Å². The predicted octanol–water partition coefficient (Wildman–Crippen LogP) is 2.07. The number of aryl methyl sites for hydroxylation is 3. The van der Waals surface area contributed by atoms with Crippen molar-refractivity contribution in [1.82, 2.24) is 24.9 Å². The van der Waals surface area contributed by atoms with E-state index in [1.807, 2.05) is 23.5 Å². The summed E-state index contributed by atoms with van der Waals surface area (Å²) in [4.78, 5) is 0. The summed E-state index contributed by atoms with van der Waals surface area (Å²) in [5.74, 6) is 0. The van der Waals surface area contributed by atoms with E-state index in [1.165, 1.54) is 0 Å². The molecule has 0 bridgehead atoms. The van der Waals surface area contributed by atoms with Crippen LogP contribution in [0.3, 0.4) is 0 Å². The molecule has 0 amide bonds. The Bertz CT molecular complexity index is 538. The number of nitrogens with zero attached hydrogens (tertiary/aromatic N) is 4. The molecule has 0 aliphatic carbocycles. The van der Waals surface area contributed by atoms with Crippen LogP contribution in [0.1, 0.15) is 36.8 Å². The lowest BCUT2D eigenvalue weighted by atomic mass is 10.0. The van der Waals surface area contributed by atoms with E-state index >= 15 is 0 Å². The highest BCUT2D eigenvalue weighted by atomic mass is 35.5. The fourth-order valence-electron chi connectivity index (χ4n) is 2.37. The molecule has 19 heavy (non-hydrogen) atoms. The molecular weight excluding hydrogens is 262 g/mol. The Labute approximate surface area is 118 Å². The molecule has 2 aromatic rings. The lowest BCUT2D eigenvalue weighted by Gasteiger charge is -2.18. The van der Waals surface area contributed by atoms with E-state index in [2.05, 4.69) is 35.6 Å². The van der Waals surface area contributed by atoms with Gasteiger partial charge in [0.1, 0.15) is 0 Å². The van der Waals surface area contributed by atoms with Gasteiger partial charge in [0.15, 0.2) is 0 Å². The molecule has 0 fully saturated rings. The van der Waals surface area contributed by atoms with Crippen LogP contribution in [0, 0.1) is 0 Å². The van der Waals surface area contributed by atoms with Gasteiger partial charge < -0.3 is 5.32 Å². The smallest absolute Gasteiger partial charge is 0.0837 e. The number of hydrogen-bond acceptors (Lipinski definition) is 3. The highest BCUT2D eigenvalue weighted by Gasteiger charge is 2.24. The van der Waals surface area contributed by atoms with Crippen molar-refractivity contribution in [2.24, 2.45) is 14.1 Å². The maximum Gasteiger partial charge on any atom is 0.0837 e. The van der Waals surface area contributed by atoms with Gasteiger partial charge in [-0.15, -0.1) is 0 Å². The molecule has 2 heterocycles. The third kappa shape index (κ3) is 2.67. The first-order valence-electron chi connectivity index (χ1n) is 6.51. The summed E-state index contributed by atoms with van der Waals surface area (Å²) in [5.41, 5.74) is 3.23. The molecule has 6 heteroatoms. The Hall–Kier alpha value is -1.33. The van der Waals surface area contributed by atoms with E-state index in [-0.39, 0.29) is 6.04 Å². The standard InChI is InChI=1S/C13H20ClN5/c1-5-11-9(8-18(3)17-11)12(15-6-2)13-10(14)7-16-19(13)4/h7-8,12,15H,5-6H2,1-4H3. The zero-order chi connectivity index (χ0) is 14.0. The molecule has 0 spiro atoms. The van der Waals surface area contributed by atoms with Crippen molar-refractivity contribution in [3.8, 4) is 0 Å². The molecule has 1 unspecified atom stereocenters. The number of nitrogens with one attached hydrogen (secondary N) is 1. The van der Waals surface area contributed by atoms with Gasteiger partial charge in [-0.1, -0.05) is 25.4 Å². The third-order valence-electron chi connectivity index (χ3n) is 3.20. The largest absolute Gasteiger partial charge is 0.305 e. The van der Waals surface area contributed by atoms with E-state index in [0.717, 1.165) is 29.9 Å². The van der Waals surface area contributed by atoms with Crippen LogP contribution in [0.2, 0.25) is 5.02 Å². The maximum atomic E-state index is 6.28. The first-order chi connectivity index (χ1) is 9.08. The second-order valence-corrected chi connectivity index (χ2v) is 4.96. The van der Waals surface area contributed by atoms with Gasteiger partial charge in [-0.05, 0) is 13.0 Å². The zero-order valence-corrected chi connectivity index (χ0v) is 12.6. The lowest BCUT2D eigenvalue weighted by Crippen LogP contribution is -2.25. The Kier molecular flexibility index (Phi) is 4.27. The summed E-state index contributed by atoms with van der Waals surface area (Å²) in [7, 11) is 3.85. The van der Waals surface area contributed by atoms with Crippen molar-refractivity contribution in [2.45, 2.75) is 26.3 Å². The Morgan fingerprint density at radius 1 is 1.37 bits per heavy atom. The van der Waals surface area contributed by atoms with Crippen molar-refractivity contribution in [3.05, 3.63) is 34.4 Å². The second kappa shape index (κ2) is 5.75. The number of aromatic nitrogens is 4. The van der Waals surface area contributed by atoms with Crippen molar-refractivity contribution < 1.29 is 0 Å². The second-order valence-electron chi connectivity index (χ2n) is 4.55. The fraction of sp³-hybridized carbons (Fsp3) is 0.538. The number of hydrogen-bond donors (Lipinski definition) is 1. The Morgan fingerprint density at radius 3 is 2.63 bits per heavy atom. The normalized spacial score (nSPS) is 12.9. The van der Waals surface area contributed by atoms with Crippen molar-refractivity contribution in [1.29, 1.82) is 0 Å². The fourth-order valence-corrected chi connectivity index (χ4v) is 2.65. The summed E-state index contributed by atoms with van der Waals surface area (Å²) in [6.45, 7) is 5.04. The lowest BCUT2D eigenvalue weighted by molar-refractivity contribution is 0.569. The van der Waals surface area contributed by atoms with Gasteiger partial charge in [0, 0.05) is 25.9 Å². The van der Waals surface area contributed by atoms with Gasteiger partial charge in [0.25, 0.3) is 0 Å². The molecular formula is C13H20ClN5. The minimum atomic E-state index is 0.0219. The average Bonchev–Trinajstić information content (AvgIpc) is 2.91. The summed E-state index contributed by atoms with van der Waals surface area (Å²) in [6, 6.07) is 0.0219. The van der Waals surface area contributed by atoms with Crippen LogP contribution in [0.5, 0.6) is 0 Å². The molecule has 2 aromatic heterocycles. The van der Waals surface area contributed by atoms with Crippen LogP contribution in [0.25, 0.3) is 0 Å². The molecule has 104 valence electrons. The topological polar surface area (TPSA) is 47.7 Å². The zero-order valence-electron chi connectivity index (χ0n) is 11.8. The monoisotopic (exact) mass is 281 g/mol. The van der Waals surface area contributed by atoms with E-state index in [0.29, 0.717) is 5.02 Å². The molecule has 0 saturated carbocycles. The van der Waals surface area contributed by atoms with Gasteiger partial charge in [-0.3, -0.25) is 9.36 Å². The van der Waals surface area contributed by atoms with Crippen LogP contribution < -0.4 is 5.32 Å². The quantitative estimate of drug-likeness (QED) is 0.913. The van der Waals surface area contributed by atoms with Crippen molar-refractivity contribution >= 4 is 11.6 Å². The summed E-state index contributed by atoms with van der Waals surface area (Å²) in [6.07, 6.45) is 4.63. The molecule has 0 saturated heterocycles. The van der Waals surface area contributed by atoms with Crippen LogP contribution in [0.15, 0.2) is 12.4 Å². The van der Waals surface area contributed by atoms with E-state index in [4.69, 9.17) is 11.6 Å². The van der Waals surface area contributed by atoms with Crippen molar-refractivity contribution in [2.75, 3.05) is 6.54 Å². The van der Waals surface area contributed by atoms with Crippen LogP contribution in [-0.4, -0.2) is 26.1 Å². The van der Waals surface area contributed by atoms with Crippen molar-refractivity contribution in [3.63, 3.8) is 0 Å². The van der Waals surface area contributed by atoms with E-state index < -0.39 is 0 Å². The van der Waals surface area contributed by atoms with E-state index in [9.17, 15) is 0 Å². The van der Waals surface area contributed by atoms with Crippen LogP contribution in [0.4, 0.5) is 0 Å². The van der Waals surface area contributed by atoms with Gasteiger partial charge >= 0.3 is 0 Å². The molecule has 0 aliphatic rings. The summed E-state index contributed by atoms with van der Waals surface area (Å²) in [5, 5.41) is 12.9.